The van der Waals surface area contributed by atoms with E-state index in [-0.39, 0.29) is 12.0 Å². The number of carbonyl (C=O) groups excluding carboxylic acids is 1. The van der Waals surface area contributed by atoms with Crippen LogP contribution in [0, 0.1) is 5.41 Å². The molecule has 2 N–H and O–H groups in total. The summed E-state index contributed by atoms with van der Waals surface area (Å²) in [5, 5.41) is 14.8. The Balaban J connectivity index is 1.65. The van der Waals surface area contributed by atoms with Crippen molar-refractivity contribution in [3.8, 4) is 5.75 Å². The third-order valence-electron chi connectivity index (χ3n) is 5.22. The van der Waals surface area contributed by atoms with Crippen molar-refractivity contribution in [3.63, 3.8) is 0 Å². The molecular weight excluding hydrogens is 436 g/mol. The fourth-order valence-corrected chi connectivity index (χ4v) is 4.62. The number of hydrogen-bond donors (Lipinski definition) is 2. The van der Waals surface area contributed by atoms with Crippen molar-refractivity contribution >= 4 is 44.2 Å². The molecule has 0 fully saturated rings. The molecule has 0 aliphatic rings. The first-order valence-corrected chi connectivity index (χ1v) is 11.6. The first kappa shape index (κ1) is 22.7. The molecule has 1 unspecified atom stereocenters. The van der Waals surface area contributed by atoms with Gasteiger partial charge in [0.05, 0.1) is 15.8 Å². The molecule has 1 amide bonds. The van der Waals surface area contributed by atoms with E-state index in [1.165, 1.54) is 0 Å². The fraction of sp³-hybridized carbons (Fsp3) is 0.269. The number of fused-ring (bicyclic) bond motifs is 2. The molecule has 0 aliphatic carbocycles. The highest BCUT2D eigenvalue weighted by atomic mass is 32.1. The number of hydrogen-bond acceptors (Lipinski definition) is 5. The second-order valence-corrected chi connectivity index (χ2v) is 10.3. The van der Waals surface area contributed by atoms with Crippen molar-refractivity contribution in [2.75, 3.05) is 0 Å². The monoisotopic (exact) mass is 462 g/mol. The van der Waals surface area contributed by atoms with Gasteiger partial charge in [-0.25, -0.2) is 9.78 Å². The summed E-state index contributed by atoms with van der Waals surface area (Å²) in [5.41, 5.74) is 0.949. The van der Waals surface area contributed by atoms with Crippen molar-refractivity contribution in [2.45, 2.75) is 39.8 Å². The highest BCUT2D eigenvalue weighted by Gasteiger charge is 2.28. The average molecular weight is 463 g/mol. The smallest absolute Gasteiger partial charge is 0.326 e. The number of carboxylic acid groups (broad SMARTS) is 1. The summed E-state index contributed by atoms with van der Waals surface area (Å²) in [4.78, 5) is 29.6. The quantitative estimate of drug-likeness (QED) is 0.371. The maximum Gasteiger partial charge on any atom is 0.326 e. The van der Waals surface area contributed by atoms with Crippen LogP contribution in [0.1, 0.15) is 42.6 Å². The summed E-state index contributed by atoms with van der Waals surface area (Å²) in [6, 6.07) is 18.0. The average Bonchev–Trinajstić information content (AvgIpc) is 3.18. The Labute approximate surface area is 196 Å². The minimum atomic E-state index is -1.06. The number of nitrogens with zero attached hydrogens (tertiary/aromatic N) is 1. The Morgan fingerprint density at radius 3 is 2.52 bits per heavy atom. The minimum absolute atomic E-state index is 0.206. The molecule has 6 nitrogen and oxygen atoms in total. The first-order valence-electron chi connectivity index (χ1n) is 10.7. The largest absolute Gasteiger partial charge is 0.485 e. The molecule has 4 aromatic rings. The summed E-state index contributed by atoms with van der Waals surface area (Å²) in [6.07, 6.45) is 0.309. The molecule has 1 heterocycles. The summed E-state index contributed by atoms with van der Waals surface area (Å²) in [6.45, 7) is 6.03. The van der Waals surface area contributed by atoms with Gasteiger partial charge >= 0.3 is 5.97 Å². The minimum Gasteiger partial charge on any atom is -0.485 e. The number of carbonyl (C=O) groups is 2. The standard InChI is InChI=1S/C26H26N2O4S/c1-26(2,3)14-20(25(30)31)28-24(29)18-13-12-16-8-4-5-9-17(16)23(18)32-15-22-27-19-10-6-7-11-21(19)33-22/h4-13,20H,14-15H2,1-3H3,(H,28,29)(H,30,31). The molecule has 33 heavy (non-hydrogen) atoms. The Morgan fingerprint density at radius 2 is 1.79 bits per heavy atom. The predicted octanol–water partition coefficient (Wildman–Crippen LogP) is 5.65. The topological polar surface area (TPSA) is 88.5 Å². The van der Waals surface area contributed by atoms with E-state index in [2.05, 4.69) is 10.3 Å². The molecule has 1 atom stereocenters. The molecule has 0 saturated carbocycles. The lowest BCUT2D eigenvalue weighted by Gasteiger charge is -2.24. The number of benzene rings is 3. The molecule has 4 rings (SSSR count). The zero-order chi connectivity index (χ0) is 23.6. The van der Waals surface area contributed by atoms with Gasteiger partial charge in [-0.15, -0.1) is 11.3 Å². The maximum atomic E-state index is 13.2. The Kier molecular flexibility index (Phi) is 6.33. The summed E-state index contributed by atoms with van der Waals surface area (Å²) >= 11 is 1.54. The molecule has 0 aliphatic heterocycles. The van der Waals surface area contributed by atoms with E-state index in [1.54, 1.807) is 17.4 Å². The number of aliphatic carboxylic acids is 1. The molecule has 0 spiro atoms. The second-order valence-electron chi connectivity index (χ2n) is 9.16. The van der Waals surface area contributed by atoms with E-state index in [0.29, 0.717) is 17.7 Å². The Bertz CT molecular complexity index is 1290. The van der Waals surface area contributed by atoms with E-state index in [4.69, 9.17) is 4.74 Å². The van der Waals surface area contributed by atoms with Crippen LogP contribution in [-0.2, 0) is 11.4 Å². The van der Waals surface area contributed by atoms with Crippen LogP contribution >= 0.6 is 11.3 Å². The van der Waals surface area contributed by atoms with Crippen molar-refractivity contribution < 1.29 is 19.4 Å². The lowest BCUT2D eigenvalue weighted by atomic mass is 9.88. The Hall–Kier alpha value is -3.45. The summed E-state index contributed by atoms with van der Waals surface area (Å²) in [7, 11) is 0. The van der Waals surface area contributed by atoms with E-state index in [0.717, 1.165) is 26.0 Å². The van der Waals surface area contributed by atoms with E-state index < -0.39 is 17.9 Å². The van der Waals surface area contributed by atoms with Crippen molar-refractivity contribution in [3.05, 3.63) is 71.2 Å². The maximum absolute atomic E-state index is 13.2. The molecule has 170 valence electrons. The third kappa shape index (κ3) is 5.31. The van der Waals surface area contributed by atoms with Crippen LogP contribution in [-0.4, -0.2) is 28.0 Å². The van der Waals surface area contributed by atoms with Gasteiger partial charge in [0.1, 0.15) is 23.4 Å². The molecule has 0 saturated heterocycles. The molecule has 3 aromatic carbocycles. The first-order chi connectivity index (χ1) is 15.7. The van der Waals surface area contributed by atoms with Crippen LogP contribution in [0.5, 0.6) is 5.75 Å². The zero-order valence-corrected chi connectivity index (χ0v) is 19.6. The van der Waals surface area contributed by atoms with Gasteiger partial charge < -0.3 is 15.2 Å². The summed E-state index contributed by atoms with van der Waals surface area (Å²) < 4.78 is 7.24. The number of thiazole rings is 1. The fourth-order valence-electron chi connectivity index (χ4n) is 3.74. The lowest BCUT2D eigenvalue weighted by molar-refractivity contribution is -0.140. The van der Waals surface area contributed by atoms with Crippen LogP contribution in [0.15, 0.2) is 60.7 Å². The molecule has 0 radical (unpaired) electrons. The van der Waals surface area contributed by atoms with E-state index >= 15 is 0 Å². The van der Waals surface area contributed by atoms with Crippen LogP contribution in [0.3, 0.4) is 0 Å². The van der Waals surface area contributed by atoms with E-state index in [9.17, 15) is 14.7 Å². The molecule has 7 heteroatoms. The van der Waals surface area contributed by atoms with Gasteiger partial charge in [-0.05, 0) is 35.4 Å². The molecule has 1 aromatic heterocycles. The van der Waals surface area contributed by atoms with Gasteiger partial charge in [-0.1, -0.05) is 63.2 Å². The molecule has 0 bridgehead atoms. The third-order valence-corrected chi connectivity index (χ3v) is 6.23. The van der Waals surface area contributed by atoms with Crippen LogP contribution in [0.25, 0.3) is 21.0 Å². The van der Waals surface area contributed by atoms with Crippen molar-refractivity contribution in [1.82, 2.24) is 10.3 Å². The Morgan fingerprint density at radius 1 is 1.06 bits per heavy atom. The normalized spacial score (nSPS) is 12.6. The number of ether oxygens (including phenoxy) is 1. The SMILES string of the molecule is CC(C)(C)CC(NC(=O)c1ccc2ccccc2c1OCc1nc2ccccc2s1)C(=O)O. The van der Waals surface area contributed by atoms with Gasteiger partial charge in [-0.3, -0.25) is 4.79 Å². The van der Waals surface area contributed by atoms with Crippen molar-refractivity contribution in [2.24, 2.45) is 5.41 Å². The van der Waals surface area contributed by atoms with E-state index in [1.807, 2.05) is 75.4 Å². The van der Waals surface area contributed by atoms with Crippen LogP contribution < -0.4 is 10.1 Å². The number of carboxylic acids is 1. The van der Waals surface area contributed by atoms with Gasteiger partial charge in [0.15, 0.2) is 0 Å². The molecular formula is C26H26N2O4S. The zero-order valence-electron chi connectivity index (χ0n) is 18.8. The van der Waals surface area contributed by atoms with Crippen LogP contribution in [0.2, 0.25) is 0 Å². The highest BCUT2D eigenvalue weighted by molar-refractivity contribution is 7.18. The van der Waals surface area contributed by atoms with Crippen LogP contribution in [0.4, 0.5) is 0 Å². The number of para-hydroxylation sites is 1. The summed E-state index contributed by atoms with van der Waals surface area (Å²) in [5.74, 6) is -1.11. The van der Waals surface area contributed by atoms with Gasteiger partial charge in [0.2, 0.25) is 0 Å². The van der Waals surface area contributed by atoms with Gasteiger partial charge in [0, 0.05) is 5.39 Å². The highest BCUT2D eigenvalue weighted by Crippen LogP contribution is 2.32. The number of rotatable bonds is 7. The number of amides is 1. The van der Waals surface area contributed by atoms with Gasteiger partial charge in [0.25, 0.3) is 5.91 Å². The number of aromatic nitrogens is 1. The lowest BCUT2D eigenvalue weighted by Crippen LogP contribution is -2.43. The second kappa shape index (κ2) is 9.19. The predicted molar refractivity (Wildman–Crippen MR) is 131 cm³/mol. The van der Waals surface area contributed by atoms with Gasteiger partial charge in [-0.2, -0.15) is 0 Å². The van der Waals surface area contributed by atoms with Crippen molar-refractivity contribution in [1.29, 1.82) is 0 Å². The number of nitrogens with one attached hydrogen (secondary N) is 1.